The van der Waals surface area contributed by atoms with Crippen LogP contribution in [0.15, 0.2) is 18.2 Å². The number of benzene rings is 1. The van der Waals surface area contributed by atoms with Crippen LogP contribution in [0.5, 0.6) is 5.75 Å². The predicted molar refractivity (Wildman–Crippen MR) is 105 cm³/mol. The molecule has 12 heteroatoms. The fourth-order valence-corrected chi connectivity index (χ4v) is 3.98. The summed E-state index contributed by atoms with van der Waals surface area (Å²) >= 11 is 0. The third-order valence-electron chi connectivity index (χ3n) is 5.40. The number of likely N-dealkylation sites (tertiary alicyclic amines) is 1. The number of amides is 4. The number of hydrogen-bond donors (Lipinski definition) is 3. The first-order valence-electron chi connectivity index (χ1n) is 10.2. The number of alkyl halides is 3. The molecule has 1 aromatic carbocycles. The largest absolute Gasteiger partial charge is 0.573 e. The van der Waals surface area contributed by atoms with Gasteiger partial charge in [0.1, 0.15) is 11.6 Å². The van der Waals surface area contributed by atoms with Gasteiger partial charge in [-0.15, -0.1) is 13.2 Å². The third kappa shape index (κ3) is 6.15. The Morgan fingerprint density at radius 3 is 2.56 bits per heavy atom. The minimum absolute atomic E-state index is 0.00810. The maximum Gasteiger partial charge on any atom is 0.573 e. The second-order valence-corrected chi connectivity index (χ2v) is 8.39. The van der Waals surface area contributed by atoms with Gasteiger partial charge in [0, 0.05) is 37.8 Å². The highest BCUT2D eigenvalue weighted by molar-refractivity contribution is 5.76. The first-order chi connectivity index (χ1) is 14.9. The lowest BCUT2D eigenvalue weighted by molar-refractivity contribution is -0.274. The van der Waals surface area contributed by atoms with Crippen LogP contribution in [0.3, 0.4) is 0 Å². The van der Waals surface area contributed by atoms with Gasteiger partial charge in [0.05, 0.1) is 18.2 Å². The van der Waals surface area contributed by atoms with Crippen LogP contribution in [0.1, 0.15) is 31.7 Å². The number of halogens is 4. The zero-order valence-corrected chi connectivity index (χ0v) is 17.7. The molecule has 178 valence electrons. The zero-order chi connectivity index (χ0) is 23.7. The predicted octanol–water partition coefficient (Wildman–Crippen LogP) is 2.56. The summed E-state index contributed by atoms with van der Waals surface area (Å²) in [6.07, 6.45) is -3.13. The number of piperidine rings is 1. The second-order valence-electron chi connectivity index (χ2n) is 8.39. The quantitative estimate of drug-likeness (QED) is 0.587. The van der Waals surface area contributed by atoms with Crippen molar-refractivity contribution >= 4 is 12.1 Å². The van der Waals surface area contributed by atoms with Crippen molar-refractivity contribution in [3.63, 3.8) is 0 Å². The lowest BCUT2D eigenvalue weighted by Gasteiger charge is -2.45. The molecule has 1 heterocycles. The smallest absolute Gasteiger partial charge is 0.406 e. The molecule has 3 N–H and O–H groups in total. The Balaban J connectivity index is 1.68. The minimum atomic E-state index is -4.93. The van der Waals surface area contributed by atoms with Crippen LogP contribution in [0, 0.1) is 5.82 Å². The molecule has 0 radical (unpaired) electrons. The van der Waals surface area contributed by atoms with E-state index in [1.54, 1.807) is 11.8 Å². The molecule has 4 amide bonds. The standard InChI is InChI=1S/C20H26F4N4O4/c1-19(31)8-14(10-27(11-19)17(29)25-2)28(13-4-5-13)18(30)26-9-12-3-6-15(7-16(12)21)32-20(22,23)24/h3,6-7,13-14,31H,4-5,8-11H2,1-2H3,(H,25,29)(H,26,30)/t14?,19-/m0/s1. The van der Waals surface area contributed by atoms with Gasteiger partial charge in [-0.2, -0.15) is 0 Å². The molecule has 0 bridgehead atoms. The second kappa shape index (κ2) is 9.00. The summed E-state index contributed by atoms with van der Waals surface area (Å²) in [5, 5.41) is 15.7. The van der Waals surface area contributed by atoms with Crippen molar-refractivity contribution in [3.05, 3.63) is 29.6 Å². The normalized spacial score (nSPS) is 23.5. The number of aliphatic hydroxyl groups is 1. The zero-order valence-electron chi connectivity index (χ0n) is 17.7. The fraction of sp³-hybridized carbons (Fsp3) is 0.600. The lowest BCUT2D eigenvalue weighted by Crippen LogP contribution is -2.62. The average molecular weight is 462 g/mol. The summed E-state index contributed by atoms with van der Waals surface area (Å²) in [5.74, 6) is -1.64. The first kappa shape index (κ1) is 23.9. The molecule has 2 fully saturated rings. The van der Waals surface area contributed by atoms with E-state index in [9.17, 15) is 32.3 Å². The van der Waals surface area contributed by atoms with E-state index in [0.29, 0.717) is 6.07 Å². The maximum absolute atomic E-state index is 14.2. The molecule has 2 atom stereocenters. The first-order valence-corrected chi connectivity index (χ1v) is 10.2. The summed E-state index contributed by atoms with van der Waals surface area (Å²) in [5.41, 5.74) is -1.20. The van der Waals surface area contributed by atoms with Gasteiger partial charge < -0.3 is 30.3 Å². The van der Waals surface area contributed by atoms with Crippen molar-refractivity contribution in [2.24, 2.45) is 0 Å². The Bertz CT molecular complexity index is 860. The SMILES string of the molecule is CNC(=O)N1CC(N(C(=O)NCc2ccc(OC(F)(F)F)cc2F)C2CC2)C[C@](C)(O)C1. The Kier molecular flexibility index (Phi) is 6.72. The number of carbonyl (C=O) groups is 2. The minimum Gasteiger partial charge on any atom is -0.406 e. The highest BCUT2D eigenvalue weighted by Gasteiger charge is 2.44. The maximum atomic E-state index is 14.2. The van der Waals surface area contributed by atoms with Gasteiger partial charge in [0.15, 0.2) is 0 Å². The van der Waals surface area contributed by atoms with Crippen molar-refractivity contribution < 1.29 is 37.0 Å². The number of β-amino-alcohol motifs (C(OH)–C–C–N with tert-alkyl or cyclic N) is 1. The van der Waals surface area contributed by atoms with Crippen molar-refractivity contribution in [2.75, 3.05) is 20.1 Å². The van der Waals surface area contributed by atoms with Crippen LogP contribution in [0.25, 0.3) is 0 Å². The summed E-state index contributed by atoms with van der Waals surface area (Å²) in [6, 6.07) is 1.31. The van der Waals surface area contributed by atoms with E-state index in [4.69, 9.17) is 0 Å². The van der Waals surface area contributed by atoms with Crippen molar-refractivity contribution in [3.8, 4) is 5.75 Å². The highest BCUT2D eigenvalue weighted by atomic mass is 19.4. The molecule has 1 aliphatic heterocycles. The number of hydrogen-bond acceptors (Lipinski definition) is 4. The summed E-state index contributed by atoms with van der Waals surface area (Å²) in [6.45, 7) is 1.71. The number of carbonyl (C=O) groups excluding carboxylic acids is 2. The molecule has 2 aliphatic rings. The molecule has 3 rings (SSSR count). The molecule has 1 unspecified atom stereocenters. The van der Waals surface area contributed by atoms with E-state index in [1.165, 1.54) is 11.9 Å². The number of urea groups is 2. The summed E-state index contributed by atoms with van der Waals surface area (Å²) in [7, 11) is 1.48. The Morgan fingerprint density at radius 2 is 2.00 bits per heavy atom. The van der Waals surface area contributed by atoms with Gasteiger partial charge in [0.2, 0.25) is 0 Å². The van der Waals surface area contributed by atoms with E-state index in [-0.39, 0.29) is 43.7 Å². The van der Waals surface area contributed by atoms with Crippen LogP contribution >= 0.6 is 0 Å². The highest BCUT2D eigenvalue weighted by Crippen LogP contribution is 2.34. The van der Waals surface area contributed by atoms with Gasteiger partial charge in [-0.25, -0.2) is 14.0 Å². The van der Waals surface area contributed by atoms with Crippen LogP contribution in [-0.2, 0) is 6.54 Å². The number of rotatable bonds is 5. The van der Waals surface area contributed by atoms with E-state index >= 15 is 0 Å². The van der Waals surface area contributed by atoms with Crippen LogP contribution < -0.4 is 15.4 Å². The molecule has 1 saturated heterocycles. The van der Waals surface area contributed by atoms with Crippen molar-refractivity contribution in [2.45, 2.75) is 56.8 Å². The Labute approximate surface area is 182 Å². The third-order valence-corrected chi connectivity index (χ3v) is 5.40. The van der Waals surface area contributed by atoms with Gasteiger partial charge in [0.25, 0.3) is 0 Å². The molecular formula is C20H26F4N4O4. The lowest BCUT2D eigenvalue weighted by atomic mass is 9.90. The molecule has 1 aromatic rings. The molecule has 0 spiro atoms. The summed E-state index contributed by atoms with van der Waals surface area (Å²) in [4.78, 5) is 28.1. The van der Waals surface area contributed by atoms with Crippen LogP contribution in [-0.4, -0.2) is 71.2 Å². The van der Waals surface area contributed by atoms with E-state index in [2.05, 4.69) is 15.4 Å². The number of nitrogens with one attached hydrogen (secondary N) is 2. The average Bonchev–Trinajstić information content (AvgIpc) is 3.49. The topological polar surface area (TPSA) is 94.1 Å². The van der Waals surface area contributed by atoms with Crippen LogP contribution in [0.4, 0.5) is 27.2 Å². The molecule has 1 saturated carbocycles. The fourth-order valence-electron chi connectivity index (χ4n) is 3.98. The Morgan fingerprint density at radius 1 is 1.31 bits per heavy atom. The molecule has 8 nitrogen and oxygen atoms in total. The number of ether oxygens (including phenoxy) is 1. The number of nitrogens with zero attached hydrogens (tertiary/aromatic N) is 2. The van der Waals surface area contributed by atoms with E-state index in [1.807, 2.05) is 0 Å². The van der Waals surface area contributed by atoms with Gasteiger partial charge in [-0.1, -0.05) is 6.07 Å². The molecule has 32 heavy (non-hydrogen) atoms. The Hall–Kier alpha value is -2.76. The van der Waals surface area contributed by atoms with E-state index < -0.39 is 35.6 Å². The summed E-state index contributed by atoms with van der Waals surface area (Å²) < 4.78 is 54.7. The van der Waals surface area contributed by atoms with Crippen molar-refractivity contribution in [1.82, 2.24) is 20.4 Å². The molecule has 0 aromatic heterocycles. The van der Waals surface area contributed by atoms with Gasteiger partial charge in [-0.05, 0) is 32.3 Å². The molecule has 1 aliphatic carbocycles. The van der Waals surface area contributed by atoms with Gasteiger partial charge >= 0.3 is 18.4 Å². The van der Waals surface area contributed by atoms with Crippen molar-refractivity contribution in [1.29, 1.82) is 0 Å². The van der Waals surface area contributed by atoms with E-state index in [0.717, 1.165) is 25.0 Å². The monoisotopic (exact) mass is 462 g/mol. The van der Waals surface area contributed by atoms with Crippen LogP contribution in [0.2, 0.25) is 0 Å². The van der Waals surface area contributed by atoms with Gasteiger partial charge in [-0.3, -0.25) is 0 Å². The molecular weight excluding hydrogens is 436 g/mol.